The van der Waals surface area contributed by atoms with Crippen molar-refractivity contribution in [3.05, 3.63) is 58.3 Å². The average molecular weight is 355 g/mol. The molecule has 4 rings (SSSR count). The third kappa shape index (κ3) is 2.80. The summed E-state index contributed by atoms with van der Waals surface area (Å²) in [5.74, 6) is -0.459. The second-order valence-electron chi connectivity index (χ2n) is 6.53. The van der Waals surface area contributed by atoms with E-state index in [9.17, 15) is 9.59 Å². The molecule has 0 saturated carbocycles. The Morgan fingerprint density at radius 2 is 1.88 bits per heavy atom. The summed E-state index contributed by atoms with van der Waals surface area (Å²) in [5.41, 5.74) is 4.56. The first-order valence-electron chi connectivity index (χ1n) is 8.66. The van der Waals surface area contributed by atoms with Gasteiger partial charge in [0, 0.05) is 18.0 Å². The van der Waals surface area contributed by atoms with Crippen LogP contribution in [-0.4, -0.2) is 34.3 Å². The summed E-state index contributed by atoms with van der Waals surface area (Å²) in [6.45, 7) is 3.09. The fourth-order valence-corrected chi connectivity index (χ4v) is 4.62. The largest absolute Gasteiger partial charge is 0.281 e. The van der Waals surface area contributed by atoms with Gasteiger partial charge in [0.2, 0.25) is 11.8 Å². The first kappa shape index (κ1) is 16.4. The van der Waals surface area contributed by atoms with Crippen molar-refractivity contribution in [2.75, 3.05) is 6.54 Å². The third-order valence-corrected chi connectivity index (χ3v) is 5.86. The van der Waals surface area contributed by atoms with Crippen molar-refractivity contribution in [3.63, 3.8) is 0 Å². The van der Waals surface area contributed by atoms with Crippen LogP contribution in [0, 0.1) is 5.92 Å². The zero-order chi connectivity index (χ0) is 17.4. The van der Waals surface area contributed by atoms with E-state index in [0.29, 0.717) is 13.1 Å². The molecule has 0 radical (unpaired) electrons. The van der Waals surface area contributed by atoms with Crippen molar-refractivity contribution >= 4 is 23.2 Å². The molecule has 3 atom stereocenters. The molecular weight excluding hydrogens is 334 g/mol. The second-order valence-corrected chi connectivity index (χ2v) is 7.51. The van der Waals surface area contributed by atoms with Crippen LogP contribution in [-0.2, 0) is 16.1 Å². The van der Waals surface area contributed by atoms with Crippen molar-refractivity contribution in [2.45, 2.75) is 32.0 Å². The van der Waals surface area contributed by atoms with Gasteiger partial charge in [-0.1, -0.05) is 43.3 Å². The average Bonchev–Trinajstić information content (AvgIpc) is 3.31. The van der Waals surface area contributed by atoms with Gasteiger partial charge in [0.05, 0.1) is 12.0 Å². The van der Waals surface area contributed by atoms with Gasteiger partial charge < -0.3 is 0 Å². The molecule has 0 bridgehead atoms. The summed E-state index contributed by atoms with van der Waals surface area (Å²) in [5, 5.41) is 3.97. The number of nitrogens with one attached hydrogen (secondary N) is 1. The molecule has 2 aromatic rings. The van der Waals surface area contributed by atoms with E-state index in [1.807, 2.05) is 59.8 Å². The summed E-state index contributed by atoms with van der Waals surface area (Å²) in [4.78, 5) is 28.4. The first-order valence-corrected chi connectivity index (χ1v) is 9.54. The summed E-state index contributed by atoms with van der Waals surface area (Å²) in [6.07, 6.45) is 0.784. The molecule has 2 aliphatic heterocycles. The lowest BCUT2D eigenvalue weighted by Gasteiger charge is -2.24. The monoisotopic (exact) mass is 355 g/mol. The molecule has 2 aliphatic rings. The Hall–Kier alpha value is -2.02. The van der Waals surface area contributed by atoms with Crippen LogP contribution < -0.4 is 5.43 Å². The van der Waals surface area contributed by atoms with Crippen molar-refractivity contribution in [3.8, 4) is 0 Å². The van der Waals surface area contributed by atoms with Crippen LogP contribution in [0.4, 0.5) is 0 Å². The molecule has 5 nitrogen and oxygen atoms in total. The number of thiophene rings is 1. The number of hydrogen-bond acceptors (Lipinski definition) is 5. The van der Waals surface area contributed by atoms with Gasteiger partial charge in [-0.05, 0) is 23.4 Å². The highest BCUT2D eigenvalue weighted by molar-refractivity contribution is 7.10. The van der Waals surface area contributed by atoms with Crippen molar-refractivity contribution in [1.82, 2.24) is 15.3 Å². The maximum absolute atomic E-state index is 12.9. The standard InChI is InChI=1S/C19H21N3O2S/c1-2-10-21-18(23)15-16(14-9-6-11-25-14)20-22(17(15)19(21)24)12-13-7-4-3-5-8-13/h3-9,11,15-17,20H,2,10,12H2,1H3/t15-,16+,17-/m0/s1. The van der Waals surface area contributed by atoms with E-state index in [1.54, 1.807) is 11.3 Å². The number of likely N-dealkylation sites (tertiary alicyclic amines) is 1. The quantitative estimate of drug-likeness (QED) is 0.838. The van der Waals surface area contributed by atoms with Gasteiger partial charge in [0.25, 0.3) is 0 Å². The lowest BCUT2D eigenvalue weighted by Crippen LogP contribution is -2.45. The minimum absolute atomic E-state index is 0.0432. The predicted molar refractivity (Wildman–Crippen MR) is 96.5 cm³/mol. The Labute approximate surface area is 151 Å². The third-order valence-electron chi connectivity index (χ3n) is 4.90. The molecule has 2 amide bonds. The second kappa shape index (κ2) is 6.71. The molecule has 1 aromatic carbocycles. The first-order chi connectivity index (χ1) is 12.2. The highest BCUT2D eigenvalue weighted by atomic mass is 32.1. The van der Waals surface area contributed by atoms with Crippen molar-refractivity contribution in [2.24, 2.45) is 5.92 Å². The van der Waals surface area contributed by atoms with Crippen molar-refractivity contribution in [1.29, 1.82) is 0 Å². The summed E-state index contributed by atoms with van der Waals surface area (Å²) in [7, 11) is 0. The molecular formula is C19H21N3O2S. The van der Waals surface area contributed by atoms with Gasteiger partial charge in [-0.2, -0.15) is 0 Å². The van der Waals surface area contributed by atoms with Crippen LogP contribution >= 0.6 is 11.3 Å². The molecule has 2 saturated heterocycles. The van der Waals surface area contributed by atoms with E-state index in [2.05, 4.69) is 5.43 Å². The fourth-order valence-electron chi connectivity index (χ4n) is 3.81. The number of hydrazine groups is 1. The number of rotatable bonds is 5. The number of benzene rings is 1. The van der Waals surface area contributed by atoms with Crippen LogP contribution in [0.15, 0.2) is 47.8 Å². The Morgan fingerprint density at radius 3 is 2.56 bits per heavy atom. The summed E-state index contributed by atoms with van der Waals surface area (Å²) in [6, 6.07) is 13.5. The SMILES string of the molecule is CCCN1C(=O)[C@H]2[C@@H](c3cccs3)NN(Cc3ccccc3)[C@@H]2C1=O. The van der Waals surface area contributed by atoms with Crippen LogP contribution in [0.25, 0.3) is 0 Å². The van der Waals surface area contributed by atoms with Crippen LogP contribution in [0.3, 0.4) is 0 Å². The number of nitrogens with zero attached hydrogens (tertiary/aromatic N) is 2. The van der Waals surface area contributed by atoms with Gasteiger partial charge in [0.1, 0.15) is 6.04 Å². The topological polar surface area (TPSA) is 52.7 Å². The van der Waals surface area contributed by atoms with Crippen molar-refractivity contribution < 1.29 is 9.59 Å². The Bertz CT molecular complexity index is 762. The number of carbonyl (C=O) groups excluding carboxylic acids is 2. The molecule has 6 heteroatoms. The smallest absolute Gasteiger partial charge is 0.248 e. The Morgan fingerprint density at radius 1 is 1.08 bits per heavy atom. The molecule has 3 heterocycles. The van der Waals surface area contributed by atoms with Gasteiger partial charge in [-0.25, -0.2) is 10.4 Å². The maximum atomic E-state index is 12.9. The molecule has 1 N–H and O–H groups in total. The van der Waals surface area contributed by atoms with E-state index in [-0.39, 0.29) is 23.8 Å². The highest BCUT2D eigenvalue weighted by Crippen LogP contribution is 2.41. The normalized spacial score (nSPS) is 26.4. The molecule has 130 valence electrons. The zero-order valence-electron chi connectivity index (χ0n) is 14.1. The number of amides is 2. The summed E-state index contributed by atoms with van der Waals surface area (Å²) >= 11 is 1.62. The maximum Gasteiger partial charge on any atom is 0.248 e. The Balaban J connectivity index is 1.67. The van der Waals surface area contributed by atoms with Gasteiger partial charge >= 0.3 is 0 Å². The van der Waals surface area contributed by atoms with Crippen LogP contribution in [0.5, 0.6) is 0 Å². The fraction of sp³-hybridized carbons (Fsp3) is 0.368. The van der Waals surface area contributed by atoms with E-state index in [0.717, 1.165) is 16.9 Å². The van der Waals surface area contributed by atoms with E-state index in [4.69, 9.17) is 0 Å². The lowest BCUT2D eigenvalue weighted by molar-refractivity contribution is -0.141. The van der Waals surface area contributed by atoms with Gasteiger partial charge in [-0.15, -0.1) is 11.3 Å². The number of imide groups is 1. The number of fused-ring (bicyclic) bond motifs is 1. The summed E-state index contributed by atoms with van der Waals surface area (Å²) < 4.78 is 0. The molecule has 0 unspecified atom stereocenters. The molecule has 25 heavy (non-hydrogen) atoms. The van der Waals surface area contributed by atoms with E-state index in [1.165, 1.54) is 4.90 Å². The molecule has 0 spiro atoms. The molecule has 1 aromatic heterocycles. The van der Waals surface area contributed by atoms with Crippen LogP contribution in [0.1, 0.15) is 29.8 Å². The zero-order valence-corrected chi connectivity index (χ0v) is 14.9. The number of hydrogen-bond donors (Lipinski definition) is 1. The van der Waals surface area contributed by atoms with E-state index >= 15 is 0 Å². The van der Waals surface area contributed by atoms with E-state index < -0.39 is 6.04 Å². The highest BCUT2D eigenvalue weighted by Gasteiger charge is 2.58. The Kier molecular flexibility index (Phi) is 4.41. The molecule has 0 aliphatic carbocycles. The van der Waals surface area contributed by atoms with Gasteiger partial charge in [0.15, 0.2) is 0 Å². The minimum atomic E-state index is -0.425. The van der Waals surface area contributed by atoms with Gasteiger partial charge in [-0.3, -0.25) is 14.5 Å². The molecule has 2 fully saturated rings. The minimum Gasteiger partial charge on any atom is -0.281 e. The lowest BCUT2D eigenvalue weighted by atomic mass is 9.95. The predicted octanol–water partition coefficient (Wildman–Crippen LogP) is 2.57. The number of carbonyl (C=O) groups is 2. The van der Waals surface area contributed by atoms with Crippen LogP contribution in [0.2, 0.25) is 0 Å².